The van der Waals surface area contributed by atoms with Gasteiger partial charge in [-0.2, -0.15) is 0 Å². The highest BCUT2D eigenvalue weighted by Crippen LogP contribution is 2.40. The van der Waals surface area contributed by atoms with E-state index in [1.54, 1.807) is 0 Å². The number of benzene rings is 2. The molecule has 2 aliphatic heterocycles. The van der Waals surface area contributed by atoms with Crippen molar-refractivity contribution in [1.82, 2.24) is 0 Å². The van der Waals surface area contributed by atoms with E-state index in [2.05, 4.69) is 0 Å². The van der Waals surface area contributed by atoms with Gasteiger partial charge in [-0.3, -0.25) is 4.79 Å². The molecule has 16 nitrogen and oxygen atoms in total. The summed E-state index contributed by atoms with van der Waals surface area (Å²) in [5.41, 5.74) is -1.15. The van der Waals surface area contributed by atoms with Crippen LogP contribution in [0.3, 0.4) is 0 Å². The Morgan fingerprint density at radius 3 is 2.25 bits per heavy atom. The number of phenolic OH excluding ortho intramolecular Hbond substituents is 3. The zero-order valence-corrected chi connectivity index (χ0v) is 23.3. The Balaban J connectivity index is 1.63. The third kappa shape index (κ3) is 5.63. The SMILES string of the molecule is COc1cc(-c2oc3cc(O)cc(O)c3c(=O)c2O[C@H]2O[C@H](CO)[C@@H](O)[C@H](O)[C@H]2O[C@@H]2O[C@@H](C)[C@H](O)[C@@H](O)[C@H]2O)ccc1O. The molecule has 240 valence electrons. The molecule has 0 bridgehead atoms. The molecule has 0 aliphatic carbocycles. The monoisotopic (exact) mass is 624 g/mol. The highest BCUT2D eigenvalue weighted by molar-refractivity contribution is 5.88. The summed E-state index contributed by atoms with van der Waals surface area (Å²) in [6.07, 6.45) is -16.5. The number of phenols is 3. The topological polar surface area (TPSA) is 258 Å². The van der Waals surface area contributed by atoms with Gasteiger partial charge in [-0.1, -0.05) is 0 Å². The van der Waals surface area contributed by atoms with E-state index in [0.717, 1.165) is 12.1 Å². The van der Waals surface area contributed by atoms with Crippen LogP contribution in [-0.2, 0) is 14.2 Å². The third-order valence-electron chi connectivity index (χ3n) is 7.52. The first-order chi connectivity index (χ1) is 20.9. The second-order valence-electron chi connectivity index (χ2n) is 10.4. The van der Waals surface area contributed by atoms with E-state index in [1.807, 2.05) is 0 Å². The van der Waals surface area contributed by atoms with Gasteiger partial charge in [-0.15, -0.1) is 0 Å². The van der Waals surface area contributed by atoms with Gasteiger partial charge >= 0.3 is 0 Å². The molecule has 0 radical (unpaired) electrons. The molecular weight excluding hydrogens is 592 g/mol. The number of aliphatic hydroxyl groups is 6. The molecule has 1 aromatic heterocycles. The summed E-state index contributed by atoms with van der Waals surface area (Å²) in [5, 5.41) is 92.3. The van der Waals surface area contributed by atoms with Crippen molar-refractivity contribution in [1.29, 1.82) is 0 Å². The average Bonchev–Trinajstić information content (AvgIpc) is 2.99. The van der Waals surface area contributed by atoms with Gasteiger partial charge in [0.15, 0.2) is 29.7 Å². The fourth-order valence-electron chi connectivity index (χ4n) is 5.08. The number of rotatable bonds is 7. The van der Waals surface area contributed by atoms with E-state index in [0.29, 0.717) is 0 Å². The number of hydrogen-bond acceptors (Lipinski definition) is 16. The van der Waals surface area contributed by atoms with E-state index in [9.17, 15) is 50.8 Å². The van der Waals surface area contributed by atoms with Gasteiger partial charge < -0.3 is 74.1 Å². The van der Waals surface area contributed by atoms with Crippen LogP contribution in [0.2, 0.25) is 0 Å². The first kappa shape index (κ1) is 31.7. The summed E-state index contributed by atoms with van der Waals surface area (Å²) in [6, 6.07) is 5.81. The van der Waals surface area contributed by atoms with Crippen LogP contribution >= 0.6 is 0 Å². The van der Waals surface area contributed by atoms with Gasteiger partial charge in [0.1, 0.15) is 59.1 Å². The maximum atomic E-state index is 13.8. The molecule has 2 aromatic carbocycles. The third-order valence-corrected chi connectivity index (χ3v) is 7.52. The van der Waals surface area contributed by atoms with Crippen LogP contribution < -0.4 is 14.9 Å². The smallest absolute Gasteiger partial charge is 0.239 e. The Morgan fingerprint density at radius 2 is 1.57 bits per heavy atom. The van der Waals surface area contributed by atoms with Gasteiger partial charge in [0.05, 0.1) is 19.8 Å². The van der Waals surface area contributed by atoms with E-state index in [4.69, 9.17) is 28.1 Å². The fraction of sp³-hybridized carbons (Fsp3) is 0.464. The van der Waals surface area contributed by atoms with Gasteiger partial charge in [-0.05, 0) is 25.1 Å². The van der Waals surface area contributed by atoms with E-state index in [-0.39, 0.29) is 28.4 Å². The summed E-state index contributed by atoms with van der Waals surface area (Å²) in [5.74, 6) is -2.34. The second-order valence-corrected chi connectivity index (χ2v) is 10.4. The summed E-state index contributed by atoms with van der Waals surface area (Å²) in [6.45, 7) is 0.570. The largest absolute Gasteiger partial charge is 0.508 e. The van der Waals surface area contributed by atoms with Crippen LogP contribution in [0.1, 0.15) is 6.92 Å². The molecule has 0 spiro atoms. The Hall–Kier alpha value is -3.71. The average molecular weight is 625 g/mol. The van der Waals surface area contributed by atoms with Crippen LogP contribution in [0.15, 0.2) is 39.5 Å². The Kier molecular flexibility index (Phi) is 8.90. The fourth-order valence-corrected chi connectivity index (χ4v) is 5.08. The zero-order chi connectivity index (χ0) is 32.0. The van der Waals surface area contributed by atoms with Gasteiger partial charge in [-0.25, -0.2) is 0 Å². The molecule has 3 aromatic rings. The van der Waals surface area contributed by atoms with Crippen molar-refractivity contribution in [3.8, 4) is 40.1 Å². The maximum Gasteiger partial charge on any atom is 0.239 e. The van der Waals surface area contributed by atoms with E-state index < -0.39 is 96.1 Å². The minimum absolute atomic E-state index is 0.0257. The van der Waals surface area contributed by atoms with E-state index >= 15 is 0 Å². The first-order valence-corrected chi connectivity index (χ1v) is 13.4. The van der Waals surface area contributed by atoms with Crippen LogP contribution in [0, 0.1) is 0 Å². The molecule has 0 saturated carbocycles. The van der Waals surface area contributed by atoms with Gasteiger partial charge in [0, 0.05) is 17.7 Å². The molecule has 16 heteroatoms. The number of fused-ring (bicyclic) bond motifs is 1. The predicted molar refractivity (Wildman–Crippen MR) is 145 cm³/mol. The van der Waals surface area contributed by atoms with Gasteiger partial charge in [0.2, 0.25) is 17.5 Å². The molecule has 10 atom stereocenters. The number of hydrogen-bond donors (Lipinski definition) is 9. The molecule has 0 unspecified atom stereocenters. The summed E-state index contributed by atoms with van der Waals surface area (Å²) >= 11 is 0. The van der Waals surface area contributed by atoms with Crippen molar-refractivity contribution >= 4 is 11.0 Å². The molecule has 2 fully saturated rings. The number of ether oxygens (including phenoxy) is 5. The standard InChI is InChI=1S/C28H32O16/c1-9-18(33)21(36)23(38)27(40-9)44-26-22(37)19(34)16(8-29)42-28(26)43-25-20(35)17-13(32)6-11(30)7-15(17)41-24(25)10-3-4-12(31)14(5-10)39-2/h3-7,9,16,18-19,21-23,26-34,36-38H,8H2,1-2H3/t9-,16+,18-,19+,21+,22-,23+,26+,27-,28+/m0/s1. The lowest BCUT2D eigenvalue weighted by Gasteiger charge is -2.45. The Morgan fingerprint density at radius 1 is 0.841 bits per heavy atom. The molecule has 5 rings (SSSR count). The normalized spacial score (nSPS) is 32.5. The number of aromatic hydroxyl groups is 3. The summed E-state index contributed by atoms with van der Waals surface area (Å²) < 4.78 is 33.8. The predicted octanol–water partition coefficient (Wildman–Crippen LogP) is -1.38. The van der Waals surface area contributed by atoms with Crippen molar-refractivity contribution in [3.05, 3.63) is 40.6 Å². The van der Waals surface area contributed by atoms with Crippen LogP contribution in [0.5, 0.6) is 28.7 Å². The highest BCUT2D eigenvalue weighted by atomic mass is 16.8. The molecule has 2 saturated heterocycles. The maximum absolute atomic E-state index is 13.8. The molecule has 3 heterocycles. The first-order valence-electron chi connectivity index (χ1n) is 13.4. The zero-order valence-electron chi connectivity index (χ0n) is 23.3. The van der Waals surface area contributed by atoms with Crippen molar-refractivity contribution in [2.45, 2.75) is 68.3 Å². The molecule has 9 N–H and O–H groups in total. The highest BCUT2D eigenvalue weighted by Gasteiger charge is 2.51. The minimum Gasteiger partial charge on any atom is -0.508 e. The van der Waals surface area contributed by atoms with Crippen molar-refractivity contribution in [3.63, 3.8) is 0 Å². The molecule has 2 aliphatic rings. The lowest BCUT2D eigenvalue weighted by atomic mass is 9.97. The summed E-state index contributed by atoms with van der Waals surface area (Å²) in [4.78, 5) is 13.8. The quantitative estimate of drug-likeness (QED) is 0.147. The van der Waals surface area contributed by atoms with Gasteiger partial charge in [0.25, 0.3) is 0 Å². The second kappa shape index (κ2) is 12.4. The van der Waals surface area contributed by atoms with E-state index in [1.165, 1.54) is 32.2 Å². The Labute approximate surface area is 248 Å². The summed E-state index contributed by atoms with van der Waals surface area (Å²) in [7, 11) is 1.28. The van der Waals surface area contributed by atoms with Crippen molar-refractivity contribution in [2.75, 3.05) is 13.7 Å². The number of methoxy groups -OCH3 is 1. The molecule has 0 amide bonds. The van der Waals surface area contributed by atoms with Crippen molar-refractivity contribution < 1.29 is 74.1 Å². The minimum atomic E-state index is -1.89. The van der Waals surface area contributed by atoms with Crippen LogP contribution in [0.4, 0.5) is 0 Å². The lowest BCUT2D eigenvalue weighted by Crippen LogP contribution is -2.64. The van der Waals surface area contributed by atoms with Crippen LogP contribution in [-0.4, -0.2) is 121 Å². The number of aliphatic hydroxyl groups excluding tert-OH is 6. The molecular formula is C28H32O16. The molecule has 44 heavy (non-hydrogen) atoms. The Bertz CT molecular complexity index is 1560. The lowest BCUT2D eigenvalue weighted by molar-refractivity contribution is -0.354. The van der Waals surface area contributed by atoms with Crippen molar-refractivity contribution in [2.24, 2.45) is 0 Å². The van der Waals surface area contributed by atoms with Crippen LogP contribution in [0.25, 0.3) is 22.3 Å².